The van der Waals surface area contributed by atoms with E-state index in [9.17, 15) is 13.2 Å². The van der Waals surface area contributed by atoms with Crippen LogP contribution in [0.15, 0.2) is 58.0 Å². The van der Waals surface area contributed by atoms with E-state index >= 15 is 0 Å². The second-order valence-corrected chi connectivity index (χ2v) is 8.92. The van der Waals surface area contributed by atoms with Crippen molar-refractivity contribution in [2.75, 3.05) is 0 Å². The molecule has 0 radical (unpaired) electrons. The summed E-state index contributed by atoms with van der Waals surface area (Å²) in [5.74, 6) is 0.290. The lowest BCUT2D eigenvalue weighted by atomic mass is 9.74. The standard InChI is InChI=1S/C23H25ClF3N3O/c1-13(3-4-15-5-7-17(24)8-6-15)28-20-11-19(14(20)2)22-12-21(29-30-22)16-9-18(10-16)31-23(25,26)27/h5-8,16,18-19,28H,1,3-4,9-12H2,2H3. The van der Waals surface area contributed by atoms with Crippen molar-refractivity contribution < 1.29 is 17.9 Å². The van der Waals surface area contributed by atoms with E-state index in [0.29, 0.717) is 19.3 Å². The number of halogens is 4. The minimum absolute atomic E-state index is 0.0446. The molecule has 4 rings (SSSR count). The average molecular weight is 452 g/mol. The number of rotatable bonds is 8. The predicted octanol–water partition coefficient (Wildman–Crippen LogP) is 6.19. The predicted molar refractivity (Wildman–Crippen MR) is 116 cm³/mol. The zero-order valence-electron chi connectivity index (χ0n) is 17.3. The van der Waals surface area contributed by atoms with E-state index in [4.69, 9.17) is 11.6 Å². The number of allylic oxidation sites excluding steroid dienone is 3. The molecule has 31 heavy (non-hydrogen) atoms. The molecular weight excluding hydrogens is 427 g/mol. The molecule has 8 heteroatoms. The van der Waals surface area contributed by atoms with Gasteiger partial charge in [-0.15, -0.1) is 13.2 Å². The van der Waals surface area contributed by atoms with Crippen LogP contribution >= 0.6 is 11.6 Å². The van der Waals surface area contributed by atoms with Gasteiger partial charge in [0.05, 0.1) is 11.8 Å². The summed E-state index contributed by atoms with van der Waals surface area (Å²) in [5.41, 5.74) is 6.48. The number of nitrogens with one attached hydrogen (secondary N) is 1. The summed E-state index contributed by atoms with van der Waals surface area (Å²) >= 11 is 5.92. The van der Waals surface area contributed by atoms with Crippen LogP contribution in [-0.2, 0) is 11.2 Å². The summed E-state index contributed by atoms with van der Waals surface area (Å²) in [6.45, 7) is 6.22. The normalized spacial score (nSPS) is 25.5. The van der Waals surface area contributed by atoms with Crippen molar-refractivity contribution in [3.63, 3.8) is 0 Å². The van der Waals surface area contributed by atoms with Crippen molar-refractivity contribution in [2.24, 2.45) is 22.0 Å². The molecule has 4 nitrogen and oxygen atoms in total. The first-order valence-corrected chi connectivity index (χ1v) is 10.8. The maximum absolute atomic E-state index is 12.3. The fourth-order valence-corrected chi connectivity index (χ4v) is 4.39. The Balaban J connectivity index is 1.20. The van der Waals surface area contributed by atoms with Gasteiger partial charge in [-0.3, -0.25) is 4.74 Å². The van der Waals surface area contributed by atoms with Crippen molar-refractivity contribution in [1.29, 1.82) is 0 Å². The highest BCUT2D eigenvalue weighted by atomic mass is 35.5. The number of hydrogen-bond donors (Lipinski definition) is 1. The third-order valence-electron chi connectivity index (χ3n) is 6.30. The van der Waals surface area contributed by atoms with Gasteiger partial charge in [0.1, 0.15) is 0 Å². The second-order valence-electron chi connectivity index (χ2n) is 8.49. The van der Waals surface area contributed by atoms with Crippen LogP contribution in [0.2, 0.25) is 5.02 Å². The largest absolute Gasteiger partial charge is 0.522 e. The molecule has 0 aromatic heterocycles. The van der Waals surface area contributed by atoms with Crippen LogP contribution in [0.1, 0.15) is 44.6 Å². The number of ether oxygens (including phenoxy) is 1. The SMILES string of the molecule is C=C(CCc1ccc(Cl)cc1)NC1=C(C)C(C2=NN=C(C3CC(OC(F)(F)F)C3)C2)C1. The molecule has 1 N–H and O–H groups in total. The number of alkyl halides is 3. The zero-order chi connectivity index (χ0) is 22.2. The first-order valence-electron chi connectivity index (χ1n) is 10.4. The fourth-order valence-electron chi connectivity index (χ4n) is 4.26. The van der Waals surface area contributed by atoms with Gasteiger partial charge in [0, 0.05) is 40.4 Å². The molecule has 1 aromatic rings. The summed E-state index contributed by atoms with van der Waals surface area (Å²) in [6.07, 6.45) is -1.36. The van der Waals surface area contributed by atoms with E-state index in [1.54, 1.807) is 0 Å². The Morgan fingerprint density at radius 1 is 1.19 bits per heavy atom. The van der Waals surface area contributed by atoms with E-state index in [1.165, 1.54) is 16.8 Å². The molecule has 2 aliphatic carbocycles. The van der Waals surface area contributed by atoms with E-state index in [2.05, 4.69) is 33.8 Å². The Morgan fingerprint density at radius 2 is 1.87 bits per heavy atom. The van der Waals surface area contributed by atoms with Crippen molar-refractivity contribution in [2.45, 2.75) is 57.9 Å². The summed E-state index contributed by atoms with van der Waals surface area (Å²) < 4.78 is 40.9. The van der Waals surface area contributed by atoms with Gasteiger partial charge in [0.2, 0.25) is 0 Å². The third kappa shape index (κ3) is 5.39. The quantitative estimate of drug-likeness (QED) is 0.512. The lowest BCUT2D eigenvalue weighted by Gasteiger charge is -2.36. The van der Waals surface area contributed by atoms with Crippen LogP contribution in [-0.4, -0.2) is 23.9 Å². The minimum Gasteiger partial charge on any atom is -0.363 e. The monoisotopic (exact) mass is 451 g/mol. The van der Waals surface area contributed by atoms with Gasteiger partial charge in [0.25, 0.3) is 0 Å². The Morgan fingerprint density at radius 3 is 2.52 bits per heavy atom. The molecule has 1 aromatic carbocycles. The second kappa shape index (κ2) is 8.79. The van der Waals surface area contributed by atoms with Crippen LogP contribution in [0.4, 0.5) is 13.2 Å². The molecule has 166 valence electrons. The Hall–Kier alpha value is -2.12. The van der Waals surface area contributed by atoms with Gasteiger partial charge in [-0.25, -0.2) is 0 Å². The van der Waals surface area contributed by atoms with Gasteiger partial charge in [-0.1, -0.05) is 30.3 Å². The molecule has 1 atom stereocenters. The van der Waals surface area contributed by atoms with Crippen molar-refractivity contribution in [3.8, 4) is 0 Å². The molecule has 1 aliphatic heterocycles. The highest BCUT2D eigenvalue weighted by molar-refractivity contribution is 6.30. The minimum atomic E-state index is -4.56. The number of benzene rings is 1. The van der Waals surface area contributed by atoms with E-state index in [1.807, 2.05) is 24.3 Å². The van der Waals surface area contributed by atoms with Crippen molar-refractivity contribution in [3.05, 3.63) is 58.4 Å². The van der Waals surface area contributed by atoms with Gasteiger partial charge >= 0.3 is 6.36 Å². The maximum atomic E-state index is 12.3. The van der Waals surface area contributed by atoms with Crippen LogP contribution in [0.5, 0.6) is 0 Å². The van der Waals surface area contributed by atoms with Crippen LogP contribution in [0.25, 0.3) is 0 Å². The van der Waals surface area contributed by atoms with Crippen molar-refractivity contribution in [1.82, 2.24) is 5.32 Å². The lowest BCUT2D eigenvalue weighted by molar-refractivity contribution is -0.352. The van der Waals surface area contributed by atoms with Crippen LogP contribution in [0, 0.1) is 11.8 Å². The summed E-state index contributed by atoms with van der Waals surface area (Å²) in [5, 5.41) is 12.8. The molecule has 0 saturated heterocycles. The maximum Gasteiger partial charge on any atom is 0.522 e. The average Bonchev–Trinajstić information content (AvgIpc) is 3.14. The van der Waals surface area contributed by atoms with E-state index < -0.39 is 12.5 Å². The molecule has 1 heterocycles. The van der Waals surface area contributed by atoms with Crippen molar-refractivity contribution >= 4 is 23.0 Å². The Labute approximate surface area is 184 Å². The molecular formula is C23H25ClF3N3O. The molecule has 1 unspecified atom stereocenters. The summed E-state index contributed by atoms with van der Waals surface area (Å²) in [6, 6.07) is 7.83. The molecule has 0 bridgehead atoms. The zero-order valence-corrected chi connectivity index (χ0v) is 18.1. The number of nitrogens with zero attached hydrogens (tertiary/aromatic N) is 2. The molecule has 1 saturated carbocycles. The van der Waals surface area contributed by atoms with E-state index in [0.717, 1.165) is 41.4 Å². The number of aryl methyl sites for hydroxylation is 1. The lowest BCUT2D eigenvalue weighted by Crippen LogP contribution is -2.40. The molecule has 1 fully saturated rings. The molecule has 3 aliphatic rings. The first kappa shape index (κ1) is 22.1. The van der Waals surface area contributed by atoms with Gasteiger partial charge in [-0.05, 0) is 62.3 Å². The van der Waals surface area contributed by atoms with Gasteiger partial charge in [-0.2, -0.15) is 10.2 Å². The summed E-state index contributed by atoms with van der Waals surface area (Å²) in [4.78, 5) is 0. The Kier molecular flexibility index (Phi) is 6.26. The number of hydrogen-bond acceptors (Lipinski definition) is 4. The van der Waals surface area contributed by atoms with Gasteiger partial charge < -0.3 is 5.32 Å². The highest BCUT2D eigenvalue weighted by Crippen LogP contribution is 2.40. The summed E-state index contributed by atoms with van der Waals surface area (Å²) in [7, 11) is 0. The van der Waals surface area contributed by atoms with E-state index in [-0.39, 0.29) is 11.8 Å². The molecule has 0 amide bonds. The van der Waals surface area contributed by atoms with Crippen LogP contribution in [0.3, 0.4) is 0 Å². The topological polar surface area (TPSA) is 46.0 Å². The molecule has 0 spiro atoms. The van der Waals surface area contributed by atoms with Gasteiger partial charge in [0.15, 0.2) is 0 Å². The fraction of sp³-hybridized carbons (Fsp3) is 0.478. The first-order chi connectivity index (χ1) is 14.7. The Bertz CT molecular complexity index is 944. The van der Waals surface area contributed by atoms with Crippen LogP contribution < -0.4 is 5.32 Å². The highest BCUT2D eigenvalue weighted by Gasteiger charge is 2.43. The third-order valence-corrected chi connectivity index (χ3v) is 6.55. The smallest absolute Gasteiger partial charge is 0.363 e.